The van der Waals surface area contributed by atoms with E-state index in [4.69, 9.17) is 4.74 Å². The van der Waals surface area contributed by atoms with Gasteiger partial charge in [-0.2, -0.15) is 0 Å². The normalized spacial score (nSPS) is 11.1. The first-order valence-electron chi connectivity index (χ1n) is 7.57. The molecular formula is C16H19N5O3. The first-order chi connectivity index (χ1) is 11.6. The fourth-order valence-electron chi connectivity index (χ4n) is 2.62. The molecule has 0 bridgehead atoms. The maximum Gasteiger partial charge on any atom is 0.329 e. The van der Waals surface area contributed by atoms with Crippen molar-refractivity contribution in [3.8, 4) is 0 Å². The Balaban J connectivity index is 1.96. The lowest BCUT2D eigenvalue weighted by atomic mass is 10.3. The van der Waals surface area contributed by atoms with E-state index >= 15 is 0 Å². The van der Waals surface area contributed by atoms with E-state index in [1.165, 1.54) is 6.07 Å². The van der Waals surface area contributed by atoms with Gasteiger partial charge in [-0.15, -0.1) is 0 Å². The van der Waals surface area contributed by atoms with Gasteiger partial charge in [0.25, 0.3) is 5.56 Å². The van der Waals surface area contributed by atoms with Gasteiger partial charge in [0, 0.05) is 26.8 Å². The first-order valence-corrected chi connectivity index (χ1v) is 7.57. The molecule has 0 radical (unpaired) electrons. The predicted molar refractivity (Wildman–Crippen MR) is 91.5 cm³/mol. The molecule has 0 aliphatic rings. The summed E-state index contributed by atoms with van der Waals surface area (Å²) in [6, 6.07) is 8.92. The first kappa shape index (κ1) is 16.0. The summed E-state index contributed by atoms with van der Waals surface area (Å²) in [5.74, 6) is 0.364. The van der Waals surface area contributed by atoms with Crippen LogP contribution in [0.1, 0.15) is 5.69 Å². The van der Waals surface area contributed by atoms with Crippen molar-refractivity contribution in [2.75, 3.05) is 25.6 Å². The molecule has 8 heteroatoms. The molecule has 1 aromatic carbocycles. The Morgan fingerprint density at radius 2 is 2.00 bits per heavy atom. The van der Waals surface area contributed by atoms with Gasteiger partial charge in [0.05, 0.1) is 29.9 Å². The number of imidazole rings is 1. The Morgan fingerprint density at radius 1 is 1.25 bits per heavy atom. The highest BCUT2D eigenvalue weighted by Gasteiger charge is 2.11. The summed E-state index contributed by atoms with van der Waals surface area (Å²) < 4.78 is 8.15. The highest BCUT2D eigenvalue weighted by molar-refractivity contribution is 5.75. The molecule has 0 unspecified atom stereocenters. The molecule has 2 aromatic heterocycles. The molecule has 0 spiro atoms. The number of rotatable bonds is 6. The standard InChI is InChI=1S/C16H19N5O3/c1-20-12-5-3-4-6-13(12)21(16(20)23)10-11-9-14(22)19-15(18-11)17-7-8-24-2/h3-6,9H,7-8,10H2,1-2H3,(H2,17,18,19,22). The lowest BCUT2D eigenvalue weighted by Gasteiger charge is -2.07. The molecule has 3 aromatic rings. The zero-order chi connectivity index (χ0) is 17.1. The summed E-state index contributed by atoms with van der Waals surface area (Å²) in [6.07, 6.45) is 0. The number of anilines is 1. The molecule has 8 nitrogen and oxygen atoms in total. The van der Waals surface area contributed by atoms with Crippen molar-refractivity contribution in [2.24, 2.45) is 7.05 Å². The molecule has 2 heterocycles. The second kappa shape index (κ2) is 6.71. The Labute approximate surface area is 137 Å². The van der Waals surface area contributed by atoms with E-state index < -0.39 is 0 Å². The van der Waals surface area contributed by atoms with Gasteiger partial charge in [0.1, 0.15) is 0 Å². The lowest BCUT2D eigenvalue weighted by molar-refractivity contribution is 0.210. The maximum absolute atomic E-state index is 12.5. The number of methoxy groups -OCH3 is 1. The minimum absolute atomic E-state index is 0.146. The number of hydrogen-bond donors (Lipinski definition) is 2. The van der Waals surface area contributed by atoms with Crippen molar-refractivity contribution in [3.63, 3.8) is 0 Å². The van der Waals surface area contributed by atoms with Crippen molar-refractivity contribution in [1.29, 1.82) is 0 Å². The number of nitrogens with zero attached hydrogens (tertiary/aromatic N) is 3. The third-order valence-corrected chi connectivity index (χ3v) is 3.77. The van der Waals surface area contributed by atoms with Crippen LogP contribution in [0.4, 0.5) is 5.95 Å². The highest BCUT2D eigenvalue weighted by Crippen LogP contribution is 2.12. The van der Waals surface area contributed by atoms with Crippen LogP contribution in [0.15, 0.2) is 39.9 Å². The summed E-state index contributed by atoms with van der Waals surface area (Å²) in [4.78, 5) is 31.3. The van der Waals surface area contributed by atoms with E-state index in [1.54, 1.807) is 23.3 Å². The van der Waals surface area contributed by atoms with Gasteiger partial charge in [-0.25, -0.2) is 9.78 Å². The Bertz CT molecular complexity index is 970. The lowest BCUT2D eigenvalue weighted by Crippen LogP contribution is -2.24. The maximum atomic E-state index is 12.5. The smallest absolute Gasteiger partial charge is 0.329 e. The number of para-hydroxylation sites is 2. The van der Waals surface area contributed by atoms with E-state index in [0.29, 0.717) is 24.8 Å². The Morgan fingerprint density at radius 3 is 2.75 bits per heavy atom. The van der Waals surface area contributed by atoms with E-state index in [2.05, 4.69) is 15.3 Å². The topological polar surface area (TPSA) is 93.9 Å². The van der Waals surface area contributed by atoms with E-state index in [-0.39, 0.29) is 17.8 Å². The van der Waals surface area contributed by atoms with Gasteiger partial charge in [-0.3, -0.25) is 18.9 Å². The minimum atomic E-state index is -0.270. The van der Waals surface area contributed by atoms with Gasteiger partial charge < -0.3 is 10.1 Å². The van der Waals surface area contributed by atoms with Gasteiger partial charge >= 0.3 is 5.69 Å². The average Bonchev–Trinajstić information content (AvgIpc) is 2.80. The molecular weight excluding hydrogens is 310 g/mol. The third kappa shape index (κ3) is 3.09. The van der Waals surface area contributed by atoms with Crippen LogP contribution in [-0.2, 0) is 18.3 Å². The van der Waals surface area contributed by atoms with Crippen molar-refractivity contribution in [3.05, 3.63) is 56.9 Å². The van der Waals surface area contributed by atoms with Crippen LogP contribution in [0, 0.1) is 0 Å². The van der Waals surface area contributed by atoms with Crippen LogP contribution in [0.3, 0.4) is 0 Å². The van der Waals surface area contributed by atoms with Gasteiger partial charge in [-0.05, 0) is 12.1 Å². The molecule has 126 valence electrons. The summed E-state index contributed by atoms with van der Waals surface area (Å²) in [6.45, 7) is 1.25. The van der Waals surface area contributed by atoms with Gasteiger partial charge in [0.15, 0.2) is 0 Å². The number of H-pyrrole nitrogens is 1. The number of hydrogen-bond acceptors (Lipinski definition) is 5. The van der Waals surface area contributed by atoms with Crippen molar-refractivity contribution in [2.45, 2.75) is 6.54 Å². The fraction of sp³-hybridized carbons (Fsp3) is 0.312. The van der Waals surface area contributed by atoms with Crippen molar-refractivity contribution in [1.82, 2.24) is 19.1 Å². The second-order valence-corrected chi connectivity index (χ2v) is 5.42. The van der Waals surface area contributed by atoms with Crippen LogP contribution in [0.25, 0.3) is 11.0 Å². The van der Waals surface area contributed by atoms with Crippen LogP contribution >= 0.6 is 0 Å². The zero-order valence-corrected chi connectivity index (χ0v) is 13.6. The van der Waals surface area contributed by atoms with Crippen LogP contribution in [0.5, 0.6) is 0 Å². The van der Waals surface area contributed by atoms with Crippen LogP contribution in [0.2, 0.25) is 0 Å². The molecule has 0 aliphatic heterocycles. The number of fused-ring (bicyclic) bond motifs is 1. The van der Waals surface area contributed by atoms with Crippen molar-refractivity contribution < 1.29 is 4.74 Å². The fourth-order valence-corrected chi connectivity index (χ4v) is 2.62. The highest BCUT2D eigenvalue weighted by atomic mass is 16.5. The van der Waals surface area contributed by atoms with E-state index in [0.717, 1.165) is 11.0 Å². The zero-order valence-electron chi connectivity index (χ0n) is 13.6. The van der Waals surface area contributed by atoms with Crippen LogP contribution in [-0.4, -0.2) is 39.4 Å². The molecule has 2 N–H and O–H groups in total. The summed E-state index contributed by atoms with van der Waals surface area (Å²) in [5.41, 5.74) is 1.74. The van der Waals surface area contributed by atoms with Gasteiger partial charge in [-0.1, -0.05) is 12.1 Å². The molecule has 3 rings (SSSR count). The molecule has 24 heavy (non-hydrogen) atoms. The van der Waals surface area contributed by atoms with E-state index in [1.807, 2.05) is 24.3 Å². The Kier molecular flexibility index (Phi) is 4.48. The number of aromatic nitrogens is 4. The summed E-state index contributed by atoms with van der Waals surface area (Å²) >= 11 is 0. The number of aryl methyl sites for hydroxylation is 1. The third-order valence-electron chi connectivity index (χ3n) is 3.77. The molecule has 0 atom stereocenters. The summed E-state index contributed by atoms with van der Waals surface area (Å²) in [7, 11) is 3.32. The minimum Gasteiger partial charge on any atom is -0.383 e. The molecule has 0 saturated heterocycles. The predicted octanol–water partition coefficient (Wildman–Crippen LogP) is 0.530. The molecule has 0 aliphatic carbocycles. The quantitative estimate of drug-likeness (QED) is 0.644. The average molecular weight is 329 g/mol. The molecule has 0 amide bonds. The second-order valence-electron chi connectivity index (χ2n) is 5.42. The van der Waals surface area contributed by atoms with Gasteiger partial charge in [0.2, 0.25) is 5.95 Å². The van der Waals surface area contributed by atoms with Crippen LogP contribution < -0.4 is 16.6 Å². The SMILES string of the molecule is COCCNc1nc(Cn2c(=O)n(C)c3ccccc32)cc(=O)[nH]1. The summed E-state index contributed by atoms with van der Waals surface area (Å²) in [5, 5.41) is 2.99. The number of ether oxygens (including phenoxy) is 1. The largest absolute Gasteiger partial charge is 0.383 e. The molecule has 0 fully saturated rings. The number of benzene rings is 1. The molecule has 0 saturated carbocycles. The van der Waals surface area contributed by atoms with Crippen molar-refractivity contribution >= 4 is 17.0 Å². The Hall–Kier alpha value is -2.87. The monoisotopic (exact) mass is 329 g/mol. The number of aromatic amines is 1. The van der Waals surface area contributed by atoms with E-state index in [9.17, 15) is 9.59 Å². The number of nitrogens with one attached hydrogen (secondary N) is 2.